The molecule has 1 aliphatic rings. The highest BCUT2D eigenvalue weighted by Crippen LogP contribution is 2.32. The molecule has 0 saturated heterocycles. The SMILES string of the molecule is CC(=O)N[C@H](CC(=O)N[C@@H](C)C1CC1)c1ccc(Cl)cc1. The van der Waals surface area contributed by atoms with Crippen molar-refractivity contribution in [3.8, 4) is 0 Å². The Morgan fingerprint density at radius 2 is 1.86 bits per heavy atom. The van der Waals surface area contributed by atoms with Crippen molar-refractivity contribution in [2.24, 2.45) is 5.92 Å². The fourth-order valence-corrected chi connectivity index (χ4v) is 2.53. The molecule has 1 fully saturated rings. The van der Waals surface area contributed by atoms with E-state index in [0.29, 0.717) is 10.9 Å². The molecule has 2 N–H and O–H groups in total. The Hall–Kier alpha value is -1.55. The Balaban J connectivity index is 1.99. The lowest BCUT2D eigenvalue weighted by atomic mass is 10.0. The van der Waals surface area contributed by atoms with Gasteiger partial charge in [0, 0.05) is 18.0 Å². The second-order valence-electron chi connectivity index (χ2n) is 5.70. The van der Waals surface area contributed by atoms with Crippen molar-refractivity contribution >= 4 is 23.4 Å². The maximum Gasteiger partial charge on any atom is 0.222 e. The number of hydrogen-bond acceptors (Lipinski definition) is 2. The number of hydrogen-bond donors (Lipinski definition) is 2. The first-order chi connectivity index (χ1) is 9.95. The van der Waals surface area contributed by atoms with Gasteiger partial charge in [-0.15, -0.1) is 0 Å². The molecule has 114 valence electrons. The lowest BCUT2D eigenvalue weighted by Gasteiger charge is -2.20. The van der Waals surface area contributed by atoms with Crippen LogP contribution in [0.5, 0.6) is 0 Å². The second-order valence-corrected chi connectivity index (χ2v) is 6.14. The maximum absolute atomic E-state index is 12.1. The van der Waals surface area contributed by atoms with Crippen molar-refractivity contribution in [1.29, 1.82) is 0 Å². The zero-order chi connectivity index (χ0) is 15.4. The molecule has 1 saturated carbocycles. The molecule has 0 bridgehead atoms. The number of carbonyl (C=O) groups is 2. The van der Waals surface area contributed by atoms with Crippen LogP contribution < -0.4 is 10.6 Å². The van der Waals surface area contributed by atoms with E-state index in [0.717, 1.165) is 5.56 Å². The van der Waals surface area contributed by atoms with E-state index in [-0.39, 0.29) is 30.3 Å². The van der Waals surface area contributed by atoms with Crippen LogP contribution in [0.1, 0.15) is 44.7 Å². The molecule has 0 spiro atoms. The molecule has 4 nitrogen and oxygen atoms in total. The summed E-state index contributed by atoms with van der Waals surface area (Å²) in [7, 11) is 0. The average Bonchev–Trinajstić information content (AvgIpc) is 3.22. The lowest BCUT2D eigenvalue weighted by Crippen LogP contribution is -2.37. The van der Waals surface area contributed by atoms with E-state index in [2.05, 4.69) is 10.6 Å². The Bertz CT molecular complexity index is 512. The molecule has 1 aromatic rings. The average molecular weight is 309 g/mol. The first kappa shape index (κ1) is 15.8. The van der Waals surface area contributed by atoms with Crippen LogP contribution in [-0.2, 0) is 9.59 Å². The summed E-state index contributed by atoms with van der Waals surface area (Å²) in [4.78, 5) is 23.5. The molecule has 2 rings (SSSR count). The third-order valence-corrected chi connectivity index (χ3v) is 4.01. The highest BCUT2D eigenvalue weighted by atomic mass is 35.5. The molecule has 0 radical (unpaired) electrons. The zero-order valence-corrected chi connectivity index (χ0v) is 13.1. The van der Waals surface area contributed by atoms with Crippen LogP contribution in [0, 0.1) is 5.92 Å². The quantitative estimate of drug-likeness (QED) is 0.849. The van der Waals surface area contributed by atoms with Gasteiger partial charge in [0.2, 0.25) is 11.8 Å². The standard InChI is InChI=1S/C16H21ClN2O2/c1-10(12-3-4-12)18-16(21)9-15(19-11(2)20)13-5-7-14(17)8-6-13/h5-8,10,12,15H,3-4,9H2,1-2H3,(H,18,21)(H,19,20)/t10-,15+/m0/s1. The predicted octanol–water partition coefficient (Wildman–Crippen LogP) is 2.82. The van der Waals surface area contributed by atoms with E-state index in [1.165, 1.54) is 19.8 Å². The monoisotopic (exact) mass is 308 g/mol. The Morgan fingerprint density at radius 1 is 1.24 bits per heavy atom. The maximum atomic E-state index is 12.1. The summed E-state index contributed by atoms with van der Waals surface area (Å²) in [6, 6.07) is 7.07. The van der Waals surface area contributed by atoms with Crippen LogP contribution in [0.15, 0.2) is 24.3 Å². The van der Waals surface area contributed by atoms with E-state index in [1.807, 2.05) is 19.1 Å². The van der Waals surface area contributed by atoms with E-state index in [4.69, 9.17) is 11.6 Å². The number of nitrogens with one attached hydrogen (secondary N) is 2. The molecule has 2 atom stereocenters. The van der Waals surface area contributed by atoms with Gasteiger partial charge in [0.05, 0.1) is 12.5 Å². The van der Waals surface area contributed by atoms with Crippen molar-refractivity contribution in [3.05, 3.63) is 34.9 Å². The van der Waals surface area contributed by atoms with E-state index >= 15 is 0 Å². The van der Waals surface area contributed by atoms with Gasteiger partial charge >= 0.3 is 0 Å². The summed E-state index contributed by atoms with van der Waals surface area (Å²) in [6.45, 7) is 3.49. The van der Waals surface area contributed by atoms with E-state index in [1.54, 1.807) is 12.1 Å². The number of rotatable bonds is 6. The number of benzene rings is 1. The fourth-order valence-electron chi connectivity index (χ4n) is 2.40. The molecular formula is C16H21ClN2O2. The van der Waals surface area contributed by atoms with Gasteiger partial charge in [-0.1, -0.05) is 23.7 Å². The normalized spacial score (nSPS) is 16.9. The molecule has 0 unspecified atom stereocenters. The van der Waals surface area contributed by atoms with Crippen LogP contribution >= 0.6 is 11.6 Å². The Labute approximate surface area is 130 Å². The first-order valence-electron chi connectivity index (χ1n) is 7.27. The van der Waals surface area contributed by atoms with Crippen molar-refractivity contribution in [3.63, 3.8) is 0 Å². The van der Waals surface area contributed by atoms with Gasteiger partial charge in [0.25, 0.3) is 0 Å². The van der Waals surface area contributed by atoms with Gasteiger partial charge in [-0.3, -0.25) is 9.59 Å². The minimum atomic E-state index is -0.328. The smallest absolute Gasteiger partial charge is 0.222 e. The van der Waals surface area contributed by atoms with Gasteiger partial charge in [-0.25, -0.2) is 0 Å². The predicted molar refractivity (Wildman–Crippen MR) is 83.0 cm³/mol. The Kier molecular flexibility index (Phi) is 5.23. The van der Waals surface area contributed by atoms with Crippen LogP contribution in [0.4, 0.5) is 0 Å². The second kappa shape index (κ2) is 6.94. The van der Waals surface area contributed by atoms with Gasteiger partial charge < -0.3 is 10.6 Å². The molecule has 0 aliphatic heterocycles. The minimum Gasteiger partial charge on any atom is -0.353 e. The largest absolute Gasteiger partial charge is 0.353 e. The van der Waals surface area contributed by atoms with Crippen LogP contribution in [0.2, 0.25) is 5.02 Å². The molecular weight excluding hydrogens is 288 g/mol. The summed E-state index contributed by atoms with van der Waals surface area (Å²) in [5.74, 6) is 0.421. The summed E-state index contributed by atoms with van der Waals surface area (Å²) in [5.41, 5.74) is 0.879. The third kappa shape index (κ3) is 5.05. The number of amides is 2. The van der Waals surface area contributed by atoms with Crippen LogP contribution in [0.3, 0.4) is 0 Å². The van der Waals surface area contributed by atoms with E-state index in [9.17, 15) is 9.59 Å². The number of halogens is 1. The zero-order valence-electron chi connectivity index (χ0n) is 12.4. The van der Waals surface area contributed by atoms with Crippen LogP contribution in [-0.4, -0.2) is 17.9 Å². The van der Waals surface area contributed by atoms with Crippen LogP contribution in [0.25, 0.3) is 0 Å². The molecule has 2 amide bonds. The summed E-state index contributed by atoms with van der Waals surface area (Å²) < 4.78 is 0. The molecule has 1 aliphatic carbocycles. The minimum absolute atomic E-state index is 0.0388. The van der Waals surface area contributed by atoms with Crippen molar-refractivity contribution in [2.45, 2.75) is 45.2 Å². The fraction of sp³-hybridized carbons (Fsp3) is 0.500. The molecule has 1 aromatic carbocycles. The topological polar surface area (TPSA) is 58.2 Å². The van der Waals surface area contributed by atoms with Crippen molar-refractivity contribution in [2.75, 3.05) is 0 Å². The molecule has 0 aromatic heterocycles. The highest BCUT2D eigenvalue weighted by molar-refractivity contribution is 6.30. The summed E-state index contributed by atoms with van der Waals surface area (Å²) >= 11 is 5.87. The summed E-state index contributed by atoms with van der Waals surface area (Å²) in [6.07, 6.45) is 2.61. The van der Waals surface area contributed by atoms with Gasteiger partial charge in [0.15, 0.2) is 0 Å². The molecule has 5 heteroatoms. The van der Waals surface area contributed by atoms with Crippen molar-refractivity contribution < 1.29 is 9.59 Å². The summed E-state index contributed by atoms with van der Waals surface area (Å²) in [5, 5.41) is 6.46. The molecule has 0 heterocycles. The van der Waals surface area contributed by atoms with E-state index < -0.39 is 0 Å². The third-order valence-electron chi connectivity index (χ3n) is 3.76. The van der Waals surface area contributed by atoms with Gasteiger partial charge in [-0.2, -0.15) is 0 Å². The number of carbonyl (C=O) groups excluding carboxylic acids is 2. The van der Waals surface area contributed by atoms with Gasteiger partial charge in [-0.05, 0) is 43.4 Å². The highest BCUT2D eigenvalue weighted by Gasteiger charge is 2.29. The first-order valence-corrected chi connectivity index (χ1v) is 7.65. The van der Waals surface area contributed by atoms with Gasteiger partial charge in [0.1, 0.15) is 0 Å². The molecule has 21 heavy (non-hydrogen) atoms. The van der Waals surface area contributed by atoms with Crippen molar-refractivity contribution in [1.82, 2.24) is 10.6 Å². The Morgan fingerprint density at radius 3 is 2.38 bits per heavy atom. The lowest BCUT2D eigenvalue weighted by molar-refractivity contribution is -0.123.